The van der Waals surface area contributed by atoms with Crippen molar-refractivity contribution in [2.24, 2.45) is 46.3 Å². The van der Waals surface area contributed by atoms with E-state index in [1.54, 1.807) is 0 Å². The van der Waals surface area contributed by atoms with Crippen LogP contribution in [0.1, 0.15) is 85.0 Å². The first kappa shape index (κ1) is 28.2. The van der Waals surface area contributed by atoms with Crippen molar-refractivity contribution < 1.29 is 44.2 Å². The normalized spacial score (nSPS) is 43.8. The van der Waals surface area contributed by atoms with Crippen LogP contribution in [0.3, 0.4) is 0 Å². The molecule has 10 atom stereocenters. The maximum absolute atomic E-state index is 12.0. The first-order chi connectivity index (χ1) is 16.5. The van der Waals surface area contributed by atoms with Gasteiger partial charge in [0, 0.05) is 11.8 Å². The zero-order valence-corrected chi connectivity index (χ0v) is 22.8. The van der Waals surface area contributed by atoms with Crippen LogP contribution in [0.25, 0.3) is 0 Å². The first-order valence-electron chi connectivity index (χ1n) is 13.1. The van der Waals surface area contributed by atoms with E-state index in [1.807, 2.05) is 6.92 Å². The van der Waals surface area contributed by atoms with Crippen molar-refractivity contribution in [3.63, 3.8) is 0 Å². The van der Waals surface area contributed by atoms with Crippen LogP contribution in [0.2, 0.25) is 0 Å². The molecule has 0 amide bonds. The minimum atomic E-state index is -4.70. The summed E-state index contributed by atoms with van der Waals surface area (Å²) in [6, 6.07) is 0. The Hall–Kier alpha value is -0.790. The minimum absolute atomic E-state index is 0.0564. The molecule has 12 heteroatoms. The highest BCUT2D eigenvalue weighted by Gasteiger charge is 2.65. The van der Waals surface area contributed by atoms with Gasteiger partial charge in [-0.25, -0.2) is 8.37 Å². The Bertz CT molecular complexity index is 1060. The molecule has 0 bridgehead atoms. The van der Waals surface area contributed by atoms with E-state index in [4.69, 9.17) is 12.9 Å². The average Bonchev–Trinajstić information content (AvgIpc) is 3.09. The standard InChI is InChI=1S/C24H40O10S2/c1-14(4-9-22(25)26)18-7-8-19-17-6-5-15-12-16(33-35(27,28)29)10-11-23(15,2)20(17)13-21(24(18,19)3)34-36(30,31)32/h14-21H,4-13H2,1-3H3,(H,25,26)(H,27,28,29)(H,30,31,32)/t14-,15?,16-,17+,18?,19+,20+,21+,23+,24-/m1/s1. The van der Waals surface area contributed by atoms with Crippen LogP contribution in [0.4, 0.5) is 0 Å². The fraction of sp³-hybridized carbons (Fsp3) is 0.958. The summed E-state index contributed by atoms with van der Waals surface area (Å²) in [6.45, 7) is 6.31. The molecular formula is C24H40O10S2. The molecule has 2 unspecified atom stereocenters. The van der Waals surface area contributed by atoms with Crippen LogP contribution in [0, 0.1) is 46.3 Å². The molecule has 4 rings (SSSR count). The monoisotopic (exact) mass is 552 g/mol. The van der Waals surface area contributed by atoms with Gasteiger partial charge in [-0.3, -0.25) is 13.9 Å². The summed E-state index contributed by atoms with van der Waals surface area (Å²) in [4.78, 5) is 11.2. The largest absolute Gasteiger partial charge is 0.481 e. The van der Waals surface area contributed by atoms with Gasteiger partial charge in [-0.15, -0.1) is 0 Å². The second kappa shape index (κ2) is 9.75. The summed E-state index contributed by atoms with van der Waals surface area (Å²) < 4.78 is 75.7. The highest BCUT2D eigenvalue weighted by atomic mass is 32.3. The molecule has 4 aliphatic carbocycles. The molecule has 0 saturated heterocycles. The molecule has 0 aromatic carbocycles. The molecule has 4 fully saturated rings. The van der Waals surface area contributed by atoms with Crippen molar-refractivity contribution in [1.29, 1.82) is 0 Å². The minimum Gasteiger partial charge on any atom is -0.481 e. The molecule has 0 aliphatic heterocycles. The topological polar surface area (TPSA) is 164 Å². The highest BCUT2D eigenvalue weighted by Crippen LogP contribution is 2.69. The van der Waals surface area contributed by atoms with Crippen LogP contribution >= 0.6 is 0 Å². The van der Waals surface area contributed by atoms with E-state index in [0.717, 1.165) is 25.7 Å². The Morgan fingerprint density at radius 2 is 1.61 bits per heavy atom. The van der Waals surface area contributed by atoms with Gasteiger partial charge in [-0.1, -0.05) is 20.8 Å². The van der Waals surface area contributed by atoms with Crippen LogP contribution < -0.4 is 0 Å². The molecule has 4 aliphatic rings. The zero-order valence-electron chi connectivity index (χ0n) is 21.2. The van der Waals surface area contributed by atoms with E-state index in [-0.39, 0.29) is 41.4 Å². The Kier molecular flexibility index (Phi) is 7.64. The number of hydrogen-bond donors (Lipinski definition) is 3. The molecule has 36 heavy (non-hydrogen) atoms. The first-order valence-corrected chi connectivity index (χ1v) is 15.8. The summed E-state index contributed by atoms with van der Waals surface area (Å²) in [5.74, 6) is 0.135. The number of carbonyl (C=O) groups is 1. The molecule has 4 saturated carbocycles. The van der Waals surface area contributed by atoms with E-state index in [2.05, 4.69) is 13.8 Å². The summed E-state index contributed by atoms with van der Waals surface area (Å²) in [6.07, 6.45) is 5.02. The number of rotatable bonds is 8. The number of carboxylic acid groups (broad SMARTS) is 1. The molecule has 0 aromatic rings. The molecule has 208 valence electrons. The van der Waals surface area contributed by atoms with E-state index in [1.165, 1.54) is 0 Å². The van der Waals surface area contributed by atoms with E-state index >= 15 is 0 Å². The Morgan fingerprint density at radius 3 is 2.22 bits per heavy atom. The van der Waals surface area contributed by atoms with E-state index in [0.29, 0.717) is 38.0 Å². The molecule has 0 heterocycles. The van der Waals surface area contributed by atoms with Gasteiger partial charge >= 0.3 is 26.8 Å². The lowest BCUT2D eigenvalue weighted by molar-refractivity contribution is -0.167. The second-order valence-electron chi connectivity index (χ2n) is 12.3. The maximum Gasteiger partial charge on any atom is 0.397 e. The maximum atomic E-state index is 12.0. The van der Waals surface area contributed by atoms with Crippen molar-refractivity contribution in [3.05, 3.63) is 0 Å². The van der Waals surface area contributed by atoms with Crippen molar-refractivity contribution in [1.82, 2.24) is 0 Å². The average molecular weight is 553 g/mol. The highest BCUT2D eigenvalue weighted by molar-refractivity contribution is 7.81. The van der Waals surface area contributed by atoms with Crippen molar-refractivity contribution >= 4 is 26.8 Å². The van der Waals surface area contributed by atoms with Gasteiger partial charge in [-0.05, 0) is 98.7 Å². The lowest BCUT2D eigenvalue weighted by Gasteiger charge is -2.62. The second-order valence-corrected chi connectivity index (χ2v) is 14.4. The van der Waals surface area contributed by atoms with Crippen LogP contribution in [-0.4, -0.2) is 49.2 Å². The van der Waals surface area contributed by atoms with Gasteiger partial charge in [0.1, 0.15) is 0 Å². The molecule has 0 radical (unpaired) electrons. The van der Waals surface area contributed by atoms with Gasteiger partial charge < -0.3 is 5.11 Å². The van der Waals surface area contributed by atoms with E-state index in [9.17, 15) is 31.3 Å². The quantitative estimate of drug-likeness (QED) is 0.373. The predicted molar refractivity (Wildman–Crippen MR) is 129 cm³/mol. The van der Waals surface area contributed by atoms with Gasteiger partial charge in [0.15, 0.2) is 0 Å². The third-order valence-electron chi connectivity index (χ3n) is 10.8. The van der Waals surface area contributed by atoms with Crippen LogP contribution in [0.15, 0.2) is 0 Å². The third kappa shape index (κ3) is 5.36. The molecule has 10 nitrogen and oxygen atoms in total. The van der Waals surface area contributed by atoms with Crippen LogP contribution in [0.5, 0.6) is 0 Å². The van der Waals surface area contributed by atoms with Gasteiger partial charge in [0.05, 0.1) is 12.2 Å². The summed E-state index contributed by atoms with van der Waals surface area (Å²) >= 11 is 0. The number of aliphatic carboxylic acids is 1. The fourth-order valence-electron chi connectivity index (χ4n) is 9.22. The number of hydrogen-bond acceptors (Lipinski definition) is 7. The van der Waals surface area contributed by atoms with Gasteiger partial charge in [0.2, 0.25) is 0 Å². The summed E-state index contributed by atoms with van der Waals surface area (Å²) in [5, 5.41) is 9.19. The zero-order chi connectivity index (χ0) is 26.7. The van der Waals surface area contributed by atoms with Gasteiger partial charge in [0.25, 0.3) is 0 Å². The van der Waals surface area contributed by atoms with Crippen molar-refractivity contribution in [2.45, 2.75) is 97.2 Å². The molecular weight excluding hydrogens is 512 g/mol. The van der Waals surface area contributed by atoms with Crippen LogP contribution in [-0.2, 0) is 34.0 Å². The fourth-order valence-corrected chi connectivity index (χ4v) is 10.3. The number of fused-ring (bicyclic) bond motifs is 5. The lowest BCUT2D eigenvalue weighted by Crippen LogP contribution is -2.59. The van der Waals surface area contributed by atoms with Crippen molar-refractivity contribution in [3.8, 4) is 0 Å². The Labute approximate surface area is 214 Å². The lowest BCUT2D eigenvalue weighted by atomic mass is 9.43. The summed E-state index contributed by atoms with van der Waals surface area (Å²) in [5.41, 5.74) is -0.680. The SMILES string of the molecule is C[C@H](CCC(=O)O)C1CC[C@H]2[C@@H]3CCC4C[C@H](OS(=O)(=O)O)CC[C@]4(C)[C@H]3C[C@H](OS(=O)(=O)O)[C@]12C. The summed E-state index contributed by atoms with van der Waals surface area (Å²) in [7, 11) is -9.23. The number of carboxylic acids is 1. The Balaban J connectivity index is 1.63. The van der Waals surface area contributed by atoms with Crippen molar-refractivity contribution in [2.75, 3.05) is 0 Å². The Morgan fingerprint density at radius 1 is 0.944 bits per heavy atom. The molecule has 0 spiro atoms. The smallest absolute Gasteiger partial charge is 0.397 e. The van der Waals surface area contributed by atoms with Gasteiger partial charge in [-0.2, -0.15) is 16.8 Å². The molecule has 3 N–H and O–H groups in total. The molecule has 0 aromatic heterocycles. The van der Waals surface area contributed by atoms with E-state index < -0.39 is 44.4 Å². The predicted octanol–water partition coefficient (Wildman–Crippen LogP) is 4.13. The third-order valence-corrected chi connectivity index (χ3v) is 11.7.